The fourth-order valence-corrected chi connectivity index (χ4v) is 1.35. The minimum absolute atomic E-state index is 0.437. The standard InChI is InChI=1S/C9H13ClN2O/c1-6(2)5-12-7(3)8(4-11-12)9(10)13/h4,6H,5H2,1-3H3. The van der Waals surface area contributed by atoms with Gasteiger partial charge in [0.1, 0.15) is 0 Å². The van der Waals surface area contributed by atoms with Gasteiger partial charge in [0.2, 0.25) is 0 Å². The van der Waals surface area contributed by atoms with Crippen LogP contribution in [0.3, 0.4) is 0 Å². The van der Waals surface area contributed by atoms with Crippen molar-refractivity contribution >= 4 is 16.8 Å². The van der Waals surface area contributed by atoms with Gasteiger partial charge in [-0.05, 0) is 24.4 Å². The van der Waals surface area contributed by atoms with Crippen molar-refractivity contribution in [1.29, 1.82) is 0 Å². The zero-order valence-corrected chi connectivity index (χ0v) is 8.80. The van der Waals surface area contributed by atoms with Gasteiger partial charge in [0.25, 0.3) is 5.24 Å². The first-order valence-corrected chi connectivity index (χ1v) is 4.62. The van der Waals surface area contributed by atoms with E-state index in [4.69, 9.17) is 11.6 Å². The van der Waals surface area contributed by atoms with Crippen LogP contribution >= 0.6 is 11.6 Å². The summed E-state index contributed by atoms with van der Waals surface area (Å²) in [5, 5.41) is 3.65. The Morgan fingerprint density at radius 1 is 1.69 bits per heavy atom. The number of halogens is 1. The van der Waals surface area contributed by atoms with Crippen LogP contribution in [0.15, 0.2) is 6.20 Å². The van der Waals surface area contributed by atoms with Crippen molar-refractivity contribution in [3.05, 3.63) is 17.5 Å². The lowest BCUT2D eigenvalue weighted by molar-refractivity contribution is 0.108. The zero-order chi connectivity index (χ0) is 10.0. The molecule has 13 heavy (non-hydrogen) atoms. The second-order valence-corrected chi connectivity index (χ2v) is 3.84. The Bertz CT molecular complexity index is 317. The molecular formula is C9H13ClN2O. The van der Waals surface area contributed by atoms with Gasteiger partial charge in [0.15, 0.2) is 0 Å². The average molecular weight is 201 g/mol. The van der Waals surface area contributed by atoms with Crippen LogP contribution < -0.4 is 0 Å². The third kappa shape index (κ3) is 2.31. The molecule has 0 spiro atoms. The monoisotopic (exact) mass is 200 g/mol. The van der Waals surface area contributed by atoms with Gasteiger partial charge in [-0.3, -0.25) is 9.48 Å². The van der Waals surface area contributed by atoms with E-state index in [9.17, 15) is 4.79 Å². The summed E-state index contributed by atoms with van der Waals surface area (Å²) in [6.45, 7) is 6.87. The number of hydrogen-bond donors (Lipinski definition) is 0. The summed E-state index contributed by atoms with van der Waals surface area (Å²) in [6.07, 6.45) is 1.52. The van der Waals surface area contributed by atoms with E-state index in [2.05, 4.69) is 18.9 Å². The summed E-state index contributed by atoms with van der Waals surface area (Å²) in [5.41, 5.74) is 1.34. The lowest BCUT2D eigenvalue weighted by Crippen LogP contribution is -2.08. The minimum Gasteiger partial charge on any atom is -0.275 e. The summed E-state index contributed by atoms with van der Waals surface area (Å²) in [7, 11) is 0. The van der Waals surface area contributed by atoms with E-state index in [0.29, 0.717) is 11.5 Å². The first kappa shape index (κ1) is 10.3. The Hall–Kier alpha value is -0.830. The van der Waals surface area contributed by atoms with Gasteiger partial charge in [-0.1, -0.05) is 13.8 Å². The highest BCUT2D eigenvalue weighted by Crippen LogP contribution is 2.11. The van der Waals surface area contributed by atoms with E-state index >= 15 is 0 Å². The predicted molar refractivity (Wildman–Crippen MR) is 52.0 cm³/mol. The topological polar surface area (TPSA) is 34.9 Å². The molecule has 72 valence electrons. The maximum atomic E-state index is 10.9. The normalized spacial score (nSPS) is 10.8. The van der Waals surface area contributed by atoms with Gasteiger partial charge in [0.05, 0.1) is 11.8 Å². The third-order valence-corrected chi connectivity index (χ3v) is 2.06. The molecule has 0 fully saturated rings. The van der Waals surface area contributed by atoms with Crippen molar-refractivity contribution in [2.45, 2.75) is 27.3 Å². The molecule has 4 heteroatoms. The van der Waals surface area contributed by atoms with Crippen LogP contribution in [-0.4, -0.2) is 15.0 Å². The number of carbonyl (C=O) groups is 1. The maximum Gasteiger partial charge on any atom is 0.255 e. The molecule has 0 saturated heterocycles. The molecule has 0 N–H and O–H groups in total. The SMILES string of the molecule is Cc1c(C(=O)Cl)cnn1CC(C)C. The molecule has 0 bridgehead atoms. The third-order valence-electron chi connectivity index (χ3n) is 1.85. The zero-order valence-electron chi connectivity index (χ0n) is 8.04. The number of hydrogen-bond acceptors (Lipinski definition) is 2. The van der Waals surface area contributed by atoms with E-state index in [-0.39, 0.29) is 0 Å². The quantitative estimate of drug-likeness (QED) is 0.702. The molecule has 0 aliphatic heterocycles. The van der Waals surface area contributed by atoms with Crippen molar-refractivity contribution in [1.82, 2.24) is 9.78 Å². The predicted octanol–water partition coefficient (Wildman–Crippen LogP) is 2.23. The summed E-state index contributed by atoms with van der Waals surface area (Å²) in [6, 6.07) is 0. The van der Waals surface area contributed by atoms with Crippen LogP contribution in [0.5, 0.6) is 0 Å². The van der Waals surface area contributed by atoms with Crippen molar-refractivity contribution in [3.63, 3.8) is 0 Å². The summed E-state index contributed by atoms with van der Waals surface area (Å²) >= 11 is 5.37. The molecule has 1 rings (SSSR count). The smallest absolute Gasteiger partial charge is 0.255 e. The Labute approximate surface area is 82.7 Å². The molecule has 1 aromatic rings. The summed E-state index contributed by atoms with van der Waals surface area (Å²) in [5.74, 6) is 0.511. The molecule has 1 heterocycles. The van der Waals surface area contributed by atoms with Crippen LogP contribution in [0.4, 0.5) is 0 Å². The highest BCUT2D eigenvalue weighted by Gasteiger charge is 2.11. The van der Waals surface area contributed by atoms with Gasteiger partial charge in [-0.15, -0.1) is 0 Å². The van der Waals surface area contributed by atoms with Crippen LogP contribution in [0.25, 0.3) is 0 Å². The molecule has 0 saturated carbocycles. The van der Waals surface area contributed by atoms with Crippen LogP contribution in [0.2, 0.25) is 0 Å². The molecule has 0 unspecified atom stereocenters. The first-order chi connectivity index (χ1) is 6.02. The van der Waals surface area contributed by atoms with Gasteiger partial charge in [-0.2, -0.15) is 5.10 Å². The molecule has 0 aromatic carbocycles. The average Bonchev–Trinajstić information content (AvgIpc) is 2.32. The first-order valence-electron chi connectivity index (χ1n) is 4.24. The Balaban J connectivity index is 2.93. The summed E-state index contributed by atoms with van der Waals surface area (Å²) in [4.78, 5) is 10.9. The van der Waals surface area contributed by atoms with Crippen molar-refractivity contribution < 1.29 is 4.79 Å². The number of aromatic nitrogens is 2. The fraction of sp³-hybridized carbons (Fsp3) is 0.556. The largest absolute Gasteiger partial charge is 0.275 e. The van der Waals surface area contributed by atoms with E-state index in [0.717, 1.165) is 12.2 Å². The Kier molecular flexibility index (Phi) is 3.09. The molecule has 1 aromatic heterocycles. The van der Waals surface area contributed by atoms with E-state index in [1.54, 1.807) is 4.68 Å². The molecule has 0 aliphatic carbocycles. The van der Waals surface area contributed by atoms with Crippen molar-refractivity contribution in [3.8, 4) is 0 Å². The number of rotatable bonds is 3. The lowest BCUT2D eigenvalue weighted by atomic mass is 10.2. The number of nitrogens with zero attached hydrogens (tertiary/aromatic N) is 2. The lowest BCUT2D eigenvalue weighted by Gasteiger charge is -2.06. The maximum absolute atomic E-state index is 10.9. The van der Waals surface area contributed by atoms with Crippen LogP contribution in [0.1, 0.15) is 29.9 Å². The highest BCUT2D eigenvalue weighted by atomic mass is 35.5. The van der Waals surface area contributed by atoms with E-state index in [1.165, 1.54) is 6.20 Å². The molecule has 0 amide bonds. The molecule has 0 aliphatic rings. The van der Waals surface area contributed by atoms with Gasteiger partial charge < -0.3 is 0 Å². The minimum atomic E-state index is -0.437. The highest BCUT2D eigenvalue weighted by molar-refractivity contribution is 6.67. The van der Waals surface area contributed by atoms with Crippen LogP contribution in [-0.2, 0) is 6.54 Å². The van der Waals surface area contributed by atoms with E-state index < -0.39 is 5.24 Å². The summed E-state index contributed by atoms with van der Waals surface area (Å²) < 4.78 is 1.81. The van der Waals surface area contributed by atoms with Crippen LogP contribution in [0, 0.1) is 12.8 Å². The van der Waals surface area contributed by atoms with Gasteiger partial charge in [0, 0.05) is 12.2 Å². The Morgan fingerprint density at radius 3 is 2.69 bits per heavy atom. The van der Waals surface area contributed by atoms with Gasteiger partial charge in [-0.25, -0.2) is 0 Å². The second kappa shape index (κ2) is 3.92. The number of carbonyl (C=O) groups excluding carboxylic acids is 1. The molecular weight excluding hydrogens is 188 g/mol. The van der Waals surface area contributed by atoms with E-state index in [1.807, 2.05) is 6.92 Å². The van der Waals surface area contributed by atoms with Gasteiger partial charge >= 0.3 is 0 Å². The fourth-order valence-electron chi connectivity index (χ4n) is 1.17. The van der Waals surface area contributed by atoms with Crippen molar-refractivity contribution in [2.24, 2.45) is 5.92 Å². The molecule has 0 atom stereocenters. The Morgan fingerprint density at radius 2 is 2.31 bits per heavy atom. The molecule has 0 radical (unpaired) electrons. The second-order valence-electron chi connectivity index (χ2n) is 3.49. The molecule has 3 nitrogen and oxygen atoms in total. The van der Waals surface area contributed by atoms with Crippen molar-refractivity contribution in [2.75, 3.05) is 0 Å².